The van der Waals surface area contributed by atoms with E-state index in [1.807, 2.05) is 0 Å². The van der Waals surface area contributed by atoms with E-state index in [9.17, 15) is 52.7 Å². The molecule has 0 aliphatic heterocycles. The molecule has 0 fully saturated rings. The average molecular weight is 330 g/mol. The predicted octanol–water partition coefficient (Wildman–Crippen LogP) is 4.84. The summed E-state index contributed by atoms with van der Waals surface area (Å²) in [5.74, 6) is -34.5. The van der Waals surface area contributed by atoms with Crippen molar-refractivity contribution in [3.8, 4) is 0 Å². The van der Waals surface area contributed by atoms with Crippen molar-refractivity contribution in [2.45, 2.75) is 49.4 Å². The van der Waals surface area contributed by atoms with Crippen LogP contribution in [-0.4, -0.2) is 36.0 Å². The quantitative estimate of drug-likeness (QED) is 0.612. The van der Waals surface area contributed by atoms with Crippen molar-refractivity contribution in [1.29, 1.82) is 0 Å². The highest BCUT2D eigenvalue weighted by Gasteiger charge is 2.87. The molecule has 0 radical (unpaired) electrons. The van der Waals surface area contributed by atoms with Gasteiger partial charge in [-0.1, -0.05) is 6.92 Å². The van der Waals surface area contributed by atoms with Crippen LogP contribution in [0.2, 0.25) is 0 Å². The highest BCUT2D eigenvalue weighted by molar-refractivity contribution is 5.08. The van der Waals surface area contributed by atoms with Gasteiger partial charge in [0.2, 0.25) is 0 Å². The molecule has 0 saturated heterocycles. The monoisotopic (exact) mass is 330 g/mol. The lowest BCUT2D eigenvalue weighted by molar-refractivity contribution is -0.412. The summed E-state index contributed by atoms with van der Waals surface area (Å²) in [5, 5.41) is 0. The fourth-order valence-electron chi connectivity index (χ4n) is 0.995. The van der Waals surface area contributed by atoms with Gasteiger partial charge in [0, 0.05) is 6.42 Å². The highest BCUT2D eigenvalue weighted by atomic mass is 19.4. The second kappa shape index (κ2) is 4.86. The Labute approximate surface area is 103 Å². The molecule has 0 spiro atoms. The van der Waals surface area contributed by atoms with Crippen LogP contribution in [0.15, 0.2) is 0 Å². The van der Waals surface area contributed by atoms with Crippen molar-refractivity contribution in [2.75, 3.05) is 0 Å². The topological polar surface area (TPSA) is 0 Å². The molecule has 0 atom stereocenters. The molecule has 0 aliphatic carbocycles. The van der Waals surface area contributed by atoms with Gasteiger partial charge in [-0.25, -0.2) is 8.78 Å². The second-order valence-electron chi connectivity index (χ2n) is 3.70. The first-order valence-electron chi connectivity index (χ1n) is 4.68. The zero-order valence-corrected chi connectivity index (χ0v) is 9.32. The Hall–Kier alpha value is -0.840. The molecule has 12 heteroatoms. The Bertz CT molecular complexity index is 343. The third-order valence-electron chi connectivity index (χ3n) is 2.38. The molecule has 0 N–H and O–H groups in total. The van der Waals surface area contributed by atoms with E-state index in [4.69, 9.17) is 0 Å². The molecule has 0 bridgehead atoms. The molecule has 20 heavy (non-hydrogen) atoms. The van der Waals surface area contributed by atoms with E-state index in [1.54, 1.807) is 0 Å². The third-order valence-corrected chi connectivity index (χ3v) is 2.38. The first-order chi connectivity index (χ1) is 8.50. The van der Waals surface area contributed by atoms with E-state index in [2.05, 4.69) is 0 Å². The Morgan fingerprint density at radius 1 is 0.650 bits per heavy atom. The summed E-state index contributed by atoms with van der Waals surface area (Å²) in [6, 6.07) is 0. The van der Waals surface area contributed by atoms with E-state index in [1.165, 1.54) is 0 Å². The lowest BCUT2D eigenvalue weighted by Crippen LogP contribution is -2.68. The van der Waals surface area contributed by atoms with Gasteiger partial charge in [-0.15, -0.1) is 0 Å². The predicted molar refractivity (Wildman–Crippen MR) is 41.0 cm³/mol. The maximum absolute atomic E-state index is 12.7. The van der Waals surface area contributed by atoms with Crippen LogP contribution in [0.1, 0.15) is 13.3 Å². The minimum absolute atomic E-state index is 0.188. The standard InChI is InChI=1S/C8H6F12/c1-2-4(11,12)6(15,16)8(19,20)7(17,18)5(13,14)3(9)10/h3H,2H2,1H3. The molecule has 0 aromatic carbocycles. The number of halogens is 12. The van der Waals surface area contributed by atoms with Crippen molar-refractivity contribution in [1.82, 2.24) is 0 Å². The van der Waals surface area contributed by atoms with Gasteiger partial charge in [-0.05, 0) is 0 Å². The van der Waals surface area contributed by atoms with Crippen LogP contribution in [-0.2, 0) is 0 Å². The molecule has 0 heterocycles. The summed E-state index contributed by atoms with van der Waals surface area (Å²) in [4.78, 5) is 0. The summed E-state index contributed by atoms with van der Waals surface area (Å²) in [5.41, 5.74) is 0. The second-order valence-corrected chi connectivity index (χ2v) is 3.70. The molecule has 0 amide bonds. The molecule has 0 aromatic rings. The molecule has 0 rings (SSSR count). The Kier molecular flexibility index (Phi) is 4.66. The lowest BCUT2D eigenvalue weighted by atomic mass is 9.93. The van der Waals surface area contributed by atoms with Gasteiger partial charge >= 0.3 is 36.0 Å². The van der Waals surface area contributed by atoms with Gasteiger partial charge in [0.05, 0.1) is 0 Å². The number of hydrogen-bond acceptors (Lipinski definition) is 0. The van der Waals surface area contributed by atoms with Crippen LogP contribution in [0.5, 0.6) is 0 Å². The van der Waals surface area contributed by atoms with Crippen molar-refractivity contribution in [2.24, 2.45) is 0 Å². The summed E-state index contributed by atoms with van der Waals surface area (Å²) < 4.78 is 149. The molecular weight excluding hydrogens is 324 g/mol. The van der Waals surface area contributed by atoms with Crippen molar-refractivity contribution in [3.05, 3.63) is 0 Å². The molecule has 122 valence electrons. The molecule has 0 unspecified atom stereocenters. The smallest absolute Gasteiger partial charge is 0.203 e. The Morgan fingerprint density at radius 2 is 1.00 bits per heavy atom. The fraction of sp³-hybridized carbons (Fsp3) is 1.00. The van der Waals surface area contributed by atoms with Crippen LogP contribution in [0.25, 0.3) is 0 Å². The van der Waals surface area contributed by atoms with Crippen molar-refractivity contribution in [3.63, 3.8) is 0 Å². The maximum Gasteiger partial charge on any atom is 0.384 e. The lowest BCUT2D eigenvalue weighted by Gasteiger charge is -2.38. The maximum atomic E-state index is 12.7. The van der Waals surface area contributed by atoms with Crippen LogP contribution >= 0.6 is 0 Å². The summed E-state index contributed by atoms with van der Waals surface area (Å²) >= 11 is 0. The Balaban J connectivity index is 5.98. The van der Waals surface area contributed by atoms with E-state index < -0.39 is 42.5 Å². The van der Waals surface area contributed by atoms with E-state index in [0.29, 0.717) is 0 Å². The number of rotatable bonds is 6. The summed E-state index contributed by atoms with van der Waals surface area (Å²) in [7, 11) is 0. The number of hydrogen-bond donors (Lipinski definition) is 0. The minimum atomic E-state index is -7.40. The van der Waals surface area contributed by atoms with Crippen LogP contribution in [0, 0.1) is 0 Å². The SMILES string of the molecule is CCC(F)(F)C(F)(F)C(F)(F)C(F)(F)C(F)(F)C(F)F. The first kappa shape index (κ1) is 19.2. The average Bonchev–Trinajstić information content (AvgIpc) is 2.27. The Morgan fingerprint density at radius 3 is 1.25 bits per heavy atom. The zero-order chi connectivity index (χ0) is 16.8. The summed E-state index contributed by atoms with van der Waals surface area (Å²) in [6.45, 7) is 0.188. The van der Waals surface area contributed by atoms with Gasteiger partial charge in [-0.2, -0.15) is 43.9 Å². The van der Waals surface area contributed by atoms with Crippen molar-refractivity contribution < 1.29 is 52.7 Å². The highest BCUT2D eigenvalue weighted by Crippen LogP contribution is 2.58. The largest absolute Gasteiger partial charge is 0.384 e. The number of alkyl halides is 12. The van der Waals surface area contributed by atoms with E-state index >= 15 is 0 Å². The third kappa shape index (κ3) is 2.30. The summed E-state index contributed by atoms with van der Waals surface area (Å²) in [6.07, 6.45) is -7.57. The molecule has 0 saturated carbocycles. The molecule has 0 aromatic heterocycles. The zero-order valence-electron chi connectivity index (χ0n) is 9.32. The van der Waals surface area contributed by atoms with Gasteiger partial charge in [0.15, 0.2) is 0 Å². The van der Waals surface area contributed by atoms with E-state index in [-0.39, 0.29) is 6.92 Å². The van der Waals surface area contributed by atoms with E-state index in [0.717, 1.165) is 0 Å². The molecule has 0 aliphatic rings. The van der Waals surface area contributed by atoms with Crippen molar-refractivity contribution >= 4 is 0 Å². The van der Waals surface area contributed by atoms with Crippen LogP contribution < -0.4 is 0 Å². The van der Waals surface area contributed by atoms with Crippen LogP contribution in [0.3, 0.4) is 0 Å². The molecule has 0 nitrogen and oxygen atoms in total. The van der Waals surface area contributed by atoms with Gasteiger partial charge in [0.25, 0.3) is 0 Å². The fourth-order valence-corrected chi connectivity index (χ4v) is 0.995. The first-order valence-corrected chi connectivity index (χ1v) is 4.68. The minimum Gasteiger partial charge on any atom is -0.203 e. The van der Waals surface area contributed by atoms with Gasteiger partial charge < -0.3 is 0 Å². The molecular formula is C8H6F12. The van der Waals surface area contributed by atoms with Gasteiger partial charge in [-0.3, -0.25) is 0 Å². The van der Waals surface area contributed by atoms with Gasteiger partial charge in [0.1, 0.15) is 0 Å². The normalized spacial score (nSPS) is 15.9. The van der Waals surface area contributed by atoms with Crippen LogP contribution in [0.4, 0.5) is 52.7 Å².